The van der Waals surface area contributed by atoms with E-state index in [-0.39, 0.29) is 0 Å². The van der Waals surface area contributed by atoms with Gasteiger partial charge in [0.05, 0.1) is 5.51 Å². The molecule has 2 aromatic rings. The second-order valence-electron chi connectivity index (χ2n) is 4.77. The monoisotopic (exact) mass is 275 g/mol. The topological polar surface area (TPSA) is 28.2 Å². The molecule has 1 atom stereocenters. The van der Waals surface area contributed by atoms with Gasteiger partial charge < -0.3 is 10.2 Å². The third-order valence-electron chi connectivity index (χ3n) is 3.15. The molecule has 0 fully saturated rings. The summed E-state index contributed by atoms with van der Waals surface area (Å²) in [5.74, 6) is 0. The lowest BCUT2D eigenvalue weighted by molar-refractivity contribution is 0.553. The van der Waals surface area contributed by atoms with Crippen molar-refractivity contribution in [2.45, 2.75) is 19.4 Å². The first-order valence-corrected chi connectivity index (χ1v) is 7.46. The molecule has 4 heteroatoms. The summed E-state index contributed by atoms with van der Waals surface area (Å²) in [6, 6.07) is 9.13. The van der Waals surface area contributed by atoms with Crippen LogP contribution in [0.25, 0.3) is 0 Å². The molecule has 3 nitrogen and oxygen atoms in total. The van der Waals surface area contributed by atoms with E-state index < -0.39 is 0 Å². The Kier molecular flexibility index (Phi) is 4.93. The number of anilines is 1. The Morgan fingerprint density at radius 2 is 2.00 bits per heavy atom. The van der Waals surface area contributed by atoms with Crippen LogP contribution in [0.3, 0.4) is 0 Å². The first-order valence-electron chi connectivity index (χ1n) is 6.58. The average molecular weight is 275 g/mol. The van der Waals surface area contributed by atoms with Gasteiger partial charge in [-0.1, -0.05) is 19.1 Å². The van der Waals surface area contributed by atoms with Gasteiger partial charge >= 0.3 is 0 Å². The molecule has 0 spiro atoms. The molecule has 0 saturated heterocycles. The Labute approximate surface area is 119 Å². The predicted octanol–water partition coefficient (Wildman–Crippen LogP) is 3.10. The number of thiazole rings is 1. The molecule has 1 unspecified atom stereocenters. The van der Waals surface area contributed by atoms with Crippen LogP contribution in [0.15, 0.2) is 36.0 Å². The zero-order chi connectivity index (χ0) is 13.7. The van der Waals surface area contributed by atoms with Crippen molar-refractivity contribution in [3.8, 4) is 0 Å². The van der Waals surface area contributed by atoms with Crippen LogP contribution >= 0.6 is 11.3 Å². The fraction of sp³-hybridized carbons (Fsp3) is 0.400. The lowest BCUT2D eigenvalue weighted by Gasteiger charge is -2.19. The van der Waals surface area contributed by atoms with Crippen molar-refractivity contribution in [1.29, 1.82) is 0 Å². The van der Waals surface area contributed by atoms with E-state index in [9.17, 15) is 0 Å². The number of nitrogens with zero attached hydrogens (tertiary/aromatic N) is 2. The largest absolute Gasteiger partial charge is 0.378 e. The SMILES string of the molecule is CCNC(Cc1cncs1)c1ccc(N(C)C)cc1. The number of benzene rings is 1. The summed E-state index contributed by atoms with van der Waals surface area (Å²) < 4.78 is 0. The molecule has 1 N–H and O–H groups in total. The van der Waals surface area contributed by atoms with Gasteiger partial charge in [0.2, 0.25) is 0 Å². The maximum absolute atomic E-state index is 4.15. The Morgan fingerprint density at radius 3 is 2.53 bits per heavy atom. The van der Waals surface area contributed by atoms with Crippen molar-refractivity contribution in [2.75, 3.05) is 25.5 Å². The lowest BCUT2D eigenvalue weighted by Crippen LogP contribution is -2.22. The third kappa shape index (κ3) is 3.78. The molecular weight excluding hydrogens is 254 g/mol. The summed E-state index contributed by atoms with van der Waals surface area (Å²) in [5, 5.41) is 3.55. The number of rotatable bonds is 6. The summed E-state index contributed by atoms with van der Waals surface area (Å²) in [6.45, 7) is 3.12. The van der Waals surface area contributed by atoms with Crippen molar-refractivity contribution in [2.24, 2.45) is 0 Å². The Balaban J connectivity index is 2.13. The molecule has 0 aliphatic carbocycles. The molecule has 102 valence electrons. The fourth-order valence-electron chi connectivity index (χ4n) is 2.10. The molecular formula is C15H21N3S. The van der Waals surface area contributed by atoms with Gasteiger partial charge in [-0.3, -0.25) is 4.98 Å². The minimum absolute atomic E-state index is 0.363. The van der Waals surface area contributed by atoms with Crippen molar-refractivity contribution >= 4 is 17.0 Å². The molecule has 0 saturated carbocycles. The van der Waals surface area contributed by atoms with E-state index in [0.29, 0.717) is 6.04 Å². The standard InChI is InChI=1S/C15H21N3S/c1-4-17-15(9-14-10-16-11-19-14)12-5-7-13(8-6-12)18(2)3/h5-8,10-11,15,17H,4,9H2,1-3H3. The van der Waals surface area contributed by atoms with Crippen LogP contribution in [-0.2, 0) is 6.42 Å². The summed E-state index contributed by atoms with van der Waals surface area (Å²) in [6.07, 6.45) is 2.96. The van der Waals surface area contributed by atoms with Crippen molar-refractivity contribution < 1.29 is 0 Å². The van der Waals surface area contributed by atoms with Crippen LogP contribution in [0.2, 0.25) is 0 Å². The van der Waals surface area contributed by atoms with Crippen LogP contribution in [-0.4, -0.2) is 25.6 Å². The van der Waals surface area contributed by atoms with Gasteiger partial charge in [0.25, 0.3) is 0 Å². The van der Waals surface area contributed by atoms with Gasteiger partial charge in [-0.2, -0.15) is 0 Å². The highest BCUT2D eigenvalue weighted by molar-refractivity contribution is 7.09. The van der Waals surface area contributed by atoms with E-state index in [1.54, 1.807) is 11.3 Å². The van der Waals surface area contributed by atoms with Gasteiger partial charge in [-0.15, -0.1) is 11.3 Å². The zero-order valence-electron chi connectivity index (χ0n) is 11.8. The molecule has 1 aromatic carbocycles. The highest BCUT2D eigenvalue weighted by Crippen LogP contribution is 2.22. The molecule has 0 bridgehead atoms. The van der Waals surface area contributed by atoms with E-state index in [1.807, 2.05) is 11.7 Å². The second kappa shape index (κ2) is 6.68. The molecule has 0 aliphatic heterocycles. The molecule has 0 amide bonds. The van der Waals surface area contributed by atoms with Crippen LogP contribution in [0.1, 0.15) is 23.4 Å². The average Bonchev–Trinajstić information content (AvgIpc) is 2.91. The number of nitrogens with one attached hydrogen (secondary N) is 1. The Morgan fingerprint density at radius 1 is 1.26 bits per heavy atom. The minimum atomic E-state index is 0.363. The highest BCUT2D eigenvalue weighted by Gasteiger charge is 2.12. The van der Waals surface area contributed by atoms with E-state index in [4.69, 9.17) is 0 Å². The predicted molar refractivity (Wildman–Crippen MR) is 83.0 cm³/mol. The summed E-state index contributed by atoms with van der Waals surface area (Å²) in [7, 11) is 4.13. The van der Waals surface area contributed by atoms with Gasteiger partial charge in [-0.25, -0.2) is 0 Å². The van der Waals surface area contributed by atoms with Crippen LogP contribution < -0.4 is 10.2 Å². The van der Waals surface area contributed by atoms with Crippen LogP contribution in [0.5, 0.6) is 0 Å². The van der Waals surface area contributed by atoms with Gasteiger partial charge in [0.1, 0.15) is 0 Å². The molecule has 2 rings (SSSR count). The number of aromatic nitrogens is 1. The van der Waals surface area contributed by atoms with Crippen molar-refractivity contribution in [3.05, 3.63) is 46.4 Å². The fourth-order valence-corrected chi connectivity index (χ4v) is 2.74. The van der Waals surface area contributed by atoms with Gasteiger partial charge in [0, 0.05) is 43.3 Å². The van der Waals surface area contributed by atoms with Gasteiger partial charge in [0.15, 0.2) is 0 Å². The van der Waals surface area contributed by atoms with E-state index in [0.717, 1.165) is 13.0 Å². The Bertz CT molecular complexity index is 477. The number of hydrogen-bond acceptors (Lipinski definition) is 4. The summed E-state index contributed by atoms with van der Waals surface area (Å²) in [5.41, 5.74) is 4.46. The second-order valence-corrected chi connectivity index (χ2v) is 5.74. The molecule has 0 aliphatic rings. The van der Waals surface area contributed by atoms with Crippen LogP contribution in [0.4, 0.5) is 5.69 Å². The third-order valence-corrected chi connectivity index (χ3v) is 3.95. The molecule has 1 heterocycles. The molecule has 19 heavy (non-hydrogen) atoms. The highest BCUT2D eigenvalue weighted by atomic mass is 32.1. The zero-order valence-corrected chi connectivity index (χ0v) is 12.6. The van der Waals surface area contributed by atoms with Crippen molar-refractivity contribution in [1.82, 2.24) is 10.3 Å². The molecule has 0 radical (unpaired) electrons. The van der Waals surface area contributed by atoms with Gasteiger partial charge in [-0.05, 0) is 24.2 Å². The normalized spacial score (nSPS) is 12.4. The lowest BCUT2D eigenvalue weighted by atomic mass is 10.0. The van der Waals surface area contributed by atoms with Crippen LogP contribution in [0, 0.1) is 0 Å². The summed E-state index contributed by atoms with van der Waals surface area (Å²) in [4.78, 5) is 7.59. The van der Waals surface area contributed by atoms with E-state index in [1.165, 1.54) is 16.1 Å². The maximum Gasteiger partial charge on any atom is 0.0794 e. The summed E-state index contributed by atoms with van der Waals surface area (Å²) >= 11 is 1.72. The first kappa shape index (κ1) is 14.0. The number of hydrogen-bond donors (Lipinski definition) is 1. The number of likely N-dealkylation sites (N-methyl/N-ethyl adjacent to an activating group) is 1. The smallest absolute Gasteiger partial charge is 0.0794 e. The van der Waals surface area contributed by atoms with E-state index >= 15 is 0 Å². The first-order chi connectivity index (χ1) is 9.20. The Hall–Kier alpha value is -1.39. The van der Waals surface area contributed by atoms with E-state index in [2.05, 4.69) is 60.5 Å². The van der Waals surface area contributed by atoms with Crippen molar-refractivity contribution in [3.63, 3.8) is 0 Å². The quantitative estimate of drug-likeness (QED) is 0.878. The molecule has 1 aromatic heterocycles. The minimum Gasteiger partial charge on any atom is -0.378 e. The maximum atomic E-state index is 4.15.